The molecule has 0 atom stereocenters. The number of benzene rings is 4. The van der Waals surface area contributed by atoms with Gasteiger partial charge in [0.25, 0.3) is 0 Å². The first-order chi connectivity index (χ1) is 16.1. The van der Waals surface area contributed by atoms with Crippen molar-refractivity contribution in [3.05, 3.63) is 82.8 Å². The lowest BCUT2D eigenvalue weighted by Crippen LogP contribution is -2.26. The van der Waals surface area contributed by atoms with Crippen LogP contribution in [0.3, 0.4) is 0 Å². The van der Waals surface area contributed by atoms with E-state index in [9.17, 15) is 0 Å². The number of rotatable bonds is 10. The first-order valence-electron chi connectivity index (χ1n) is 12.8. The van der Waals surface area contributed by atoms with Crippen LogP contribution in [-0.4, -0.2) is 0 Å². The Morgan fingerprint density at radius 3 is 1.52 bits per heavy atom. The van der Waals surface area contributed by atoms with Crippen molar-refractivity contribution in [2.45, 2.75) is 77.6 Å². The van der Waals surface area contributed by atoms with Crippen LogP contribution in [0.4, 0.5) is 0 Å². The molecular weight excluding hydrogens is 464 g/mol. The summed E-state index contributed by atoms with van der Waals surface area (Å²) in [5.41, 5.74) is 4.53. The van der Waals surface area contributed by atoms with E-state index in [-0.39, 0.29) is 0 Å². The molecule has 0 fully saturated rings. The van der Waals surface area contributed by atoms with Gasteiger partial charge in [0.2, 0.25) is 0 Å². The normalized spacial score (nSPS) is 12.0. The minimum atomic E-state index is 0.323. The zero-order valence-corrected chi connectivity index (χ0v) is 22.0. The summed E-state index contributed by atoms with van der Waals surface area (Å²) in [5, 5.41) is 5.18. The van der Waals surface area contributed by atoms with Crippen molar-refractivity contribution in [2.24, 2.45) is 0 Å². The van der Waals surface area contributed by atoms with E-state index in [1.807, 2.05) is 0 Å². The molecule has 4 aromatic carbocycles. The molecule has 0 heterocycles. The Morgan fingerprint density at radius 2 is 1.06 bits per heavy atom. The van der Waals surface area contributed by atoms with Gasteiger partial charge in [-0.15, -0.1) is 0 Å². The molecule has 4 aromatic rings. The van der Waals surface area contributed by atoms with Gasteiger partial charge in [-0.25, -0.2) is 0 Å². The molecule has 0 aromatic heterocycles. The lowest BCUT2D eigenvalue weighted by molar-refractivity contribution is 0.315. The minimum Gasteiger partial charge on any atom is -0.0654 e. The molecule has 0 saturated carbocycles. The minimum absolute atomic E-state index is 0.323. The van der Waals surface area contributed by atoms with Gasteiger partial charge in [0, 0.05) is 4.47 Å². The molecule has 0 aliphatic heterocycles. The van der Waals surface area contributed by atoms with Crippen molar-refractivity contribution >= 4 is 37.5 Å². The molecule has 33 heavy (non-hydrogen) atoms. The zero-order valence-electron chi connectivity index (χ0n) is 20.5. The Balaban J connectivity index is 1.86. The molecule has 0 unspecified atom stereocenters. The predicted molar refractivity (Wildman–Crippen MR) is 150 cm³/mol. The third-order valence-corrected chi connectivity index (χ3v) is 8.25. The molecule has 0 aliphatic carbocycles. The van der Waals surface area contributed by atoms with Gasteiger partial charge in [-0.3, -0.25) is 0 Å². The van der Waals surface area contributed by atoms with E-state index >= 15 is 0 Å². The van der Waals surface area contributed by atoms with Gasteiger partial charge < -0.3 is 0 Å². The summed E-state index contributed by atoms with van der Waals surface area (Å²) >= 11 is 3.89. The maximum Gasteiger partial charge on any atom is 0.0332 e. The van der Waals surface area contributed by atoms with Gasteiger partial charge in [0.15, 0.2) is 0 Å². The summed E-state index contributed by atoms with van der Waals surface area (Å²) in [6, 6.07) is 27.2. The van der Waals surface area contributed by atoms with Crippen molar-refractivity contribution in [1.82, 2.24) is 0 Å². The highest BCUT2D eigenvalue weighted by Crippen LogP contribution is 2.44. The fourth-order valence-corrected chi connectivity index (χ4v) is 6.39. The monoisotopic (exact) mass is 500 g/mol. The van der Waals surface area contributed by atoms with Crippen molar-refractivity contribution in [2.75, 3.05) is 0 Å². The van der Waals surface area contributed by atoms with E-state index in [1.54, 1.807) is 5.56 Å². The number of hydrogen-bond acceptors (Lipinski definition) is 0. The summed E-state index contributed by atoms with van der Waals surface area (Å²) in [6.45, 7) is 6.99. The summed E-state index contributed by atoms with van der Waals surface area (Å²) in [7, 11) is 0. The van der Waals surface area contributed by atoms with Crippen LogP contribution in [0, 0.1) is 0 Å². The van der Waals surface area contributed by atoms with Crippen LogP contribution in [-0.2, 0) is 5.41 Å². The summed E-state index contributed by atoms with van der Waals surface area (Å²) in [6.07, 6.45) is 10.3. The quantitative estimate of drug-likeness (QED) is 0.190. The van der Waals surface area contributed by atoms with Gasteiger partial charge in [-0.1, -0.05) is 126 Å². The van der Waals surface area contributed by atoms with Crippen LogP contribution in [0.1, 0.15) is 77.7 Å². The van der Waals surface area contributed by atoms with E-state index in [0.717, 1.165) is 0 Å². The second-order valence-electron chi connectivity index (χ2n) is 9.59. The van der Waals surface area contributed by atoms with Crippen molar-refractivity contribution in [3.8, 4) is 11.1 Å². The topological polar surface area (TPSA) is 0 Å². The molecule has 172 valence electrons. The largest absolute Gasteiger partial charge is 0.0654 e. The standard InChI is InChI=1S/C32H37Br/c1-4-7-22-32(21-6-3,23-8-5-2)25-19-17-24(18-20-25)30-26-13-9-11-15-28(26)31(33)29-16-12-10-14-27(29)30/h9-20H,4-8,21-23H2,1-3H3. The third kappa shape index (κ3) is 4.76. The number of halogens is 1. The van der Waals surface area contributed by atoms with Gasteiger partial charge in [0.05, 0.1) is 0 Å². The fourth-order valence-electron chi connectivity index (χ4n) is 5.69. The lowest BCUT2D eigenvalue weighted by Gasteiger charge is -2.35. The molecule has 0 radical (unpaired) electrons. The molecule has 0 N–H and O–H groups in total. The fraction of sp³-hybridized carbons (Fsp3) is 0.375. The Morgan fingerprint density at radius 1 is 0.576 bits per heavy atom. The molecule has 0 amide bonds. The second-order valence-corrected chi connectivity index (χ2v) is 10.4. The maximum absolute atomic E-state index is 3.89. The van der Waals surface area contributed by atoms with Gasteiger partial charge in [-0.2, -0.15) is 0 Å². The Bertz CT molecular complexity index is 1140. The molecule has 4 rings (SSSR count). The Hall–Kier alpha value is -2.12. The summed E-state index contributed by atoms with van der Waals surface area (Å²) in [5.74, 6) is 0. The molecule has 0 spiro atoms. The Kier molecular flexibility index (Phi) is 7.91. The van der Waals surface area contributed by atoms with Crippen LogP contribution in [0.25, 0.3) is 32.7 Å². The SMILES string of the molecule is CCCCC(CCC)(CCCC)c1ccc(-c2c3ccccc3c(Br)c3ccccc23)cc1. The van der Waals surface area contributed by atoms with Crippen molar-refractivity contribution in [3.63, 3.8) is 0 Å². The molecule has 0 nitrogen and oxygen atoms in total. The van der Waals surface area contributed by atoms with Crippen molar-refractivity contribution in [1.29, 1.82) is 0 Å². The first-order valence-corrected chi connectivity index (χ1v) is 13.6. The smallest absolute Gasteiger partial charge is 0.0332 e. The molecule has 0 aliphatic rings. The molecule has 0 saturated heterocycles. The van der Waals surface area contributed by atoms with Crippen molar-refractivity contribution < 1.29 is 0 Å². The molecule has 0 bridgehead atoms. The van der Waals surface area contributed by atoms with E-state index in [0.29, 0.717) is 5.41 Å². The van der Waals surface area contributed by atoms with Crippen LogP contribution in [0.5, 0.6) is 0 Å². The number of unbranched alkanes of at least 4 members (excludes halogenated alkanes) is 2. The molecular formula is C32H37Br. The van der Waals surface area contributed by atoms with E-state index in [1.165, 1.54) is 88.5 Å². The average Bonchev–Trinajstić information content (AvgIpc) is 2.86. The van der Waals surface area contributed by atoms with Gasteiger partial charge >= 0.3 is 0 Å². The Labute approximate surface area is 208 Å². The highest BCUT2D eigenvalue weighted by molar-refractivity contribution is 9.10. The number of fused-ring (bicyclic) bond motifs is 2. The van der Waals surface area contributed by atoms with Crippen LogP contribution in [0.2, 0.25) is 0 Å². The van der Waals surface area contributed by atoms with Crippen LogP contribution < -0.4 is 0 Å². The predicted octanol–water partition coefficient (Wildman–Crippen LogP) is 10.8. The lowest BCUT2D eigenvalue weighted by atomic mass is 9.69. The average molecular weight is 502 g/mol. The van der Waals surface area contributed by atoms with Gasteiger partial charge in [0.1, 0.15) is 0 Å². The highest BCUT2D eigenvalue weighted by Gasteiger charge is 2.30. The highest BCUT2D eigenvalue weighted by atomic mass is 79.9. The first kappa shape index (κ1) is 24.0. The van der Waals surface area contributed by atoms with E-state index in [2.05, 4.69) is 109 Å². The third-order valence-electron chi connectivity index (χ3n) is 7.40. The van der Waals surface area contributed by atoms with Crippen LogP contribution in [0.15, 0.2) is 77.3 Å². The van der Waals surface area contributed by atoms with E-state index in [4.69, 9.17) is 0 Å². The number of hydrogen-bond donors (Lipinski definition) is 0. The van der Waals surface area contributed by atoms with Crippen LogP contribution >= 0.6 is 15.9 Å². The van der Waals surface area contributed by atoms with Gasteiger partial charge in [-0.05, 0) is 78.8 Å². The second kappa shape index (κ2) is 10.9. The maximum atomic E-state index is 3.89. The zero-order chi connectivity index (χ0) is 23.3. The summed E-state index contributed by atoms with van der Waals surface area (Å²) < 4.78 is 1.19. The molecule has 1 heteroatoms. The van der Waals surface area contributed by atoms with E-state index < -0.39 is 0 Å². The summed E-state index contributed by atoms with van der Waals surface area (Å²) in [4.78, 5) is 0.